The van der Waals surface area contributed by atoms with Crippen LogP contribution >= 0.6 is 23.2 Å². The molecule has 34 heavy (non-hydrogen) atoms. The third-order valence-corrected chi connectivity index (χ3v) is 8.32. The van der Waals surface area contributed by atoms with E-state index in [0.717, 1.165) is 22.5 Å². The van der Waals surface area contributed by atoms with Crippen molar-refractivity contribution in [2.24, 2.45) is 7.05 Å². The molecule has 0 spiro atoms. The van der Waals surface area contributed by atoms with E-state index in [9.17, 15) is 4.79 Å². The van der Waals surface area contributed by atoms with Crippen molar-refractivity contribution in [2.45, 2.75) is 58.7 Å². The monoisotopic (exact) mass is 519 g/mol. The predicted molar refractivity (Wildman–Crippen MR) is 143 cm³/mol. The molecule has 10 heteroatoms. The number of rotatable bonds is 6. The third-order valence-electron chi connectivity index (χ3n) is 5.87. The van der Waals surface area contributed by atoms with E-state index >= 15 is 0 Å². The second-order valence-corrected chi connectivity index (χ2v) is 17.2. The molecule has 3 aromatic heterocycles. The molecule has 0 bridgehead atoms. The Morgan fingerprint density at radius 3 is 2.44 bits per heavy atom. The molecule has 0 aliphatic rings. The van der Waals surface area contributed by atoms with Crippen molar-refractivity contribution in [3.05, 3.63) is 45.2 Å². The number of aromatic nitrogens is 5. The lowest BCUT2D eigenvalue weighted by Gasteiger charge is -2.18. The fourth-order valence-electron chi connectivity index (χ4n) is 3.75. The van der Waals surface area contributed by atoms with Crippen LogP contribution in [-0.4, -0.2) is 38.6 Å². The highest BCUT2D eigenvalue weighted by Crippen LogP contribution is 2.38. The summed E-state index contributed by atoms with van der Waals surface area (Å²) < 4.78 is 11.0. The molecule has 0 aliphatic carbocycles. The van der Waals surface area contributed by atoms with Crippen LogP contribution in [0.15, 0.2) is 29.3 Å². The first-order valence-electron chi connectivity index (χ1n) is 11.3. The van der Waals surface area contributed by atoms with Gasteiger partial charge in [-0.15, -0.1) is 0 Å². The van der Waals surface area contributed by atoms with Gasteiger partial charge in [-0.25, -0.2) is 4.98 Å². The molecule has 4 rings (SSSR count). The summed E-state index contributed by atoms with van der Waals surface area (Å²) in [6.07, 6.45) is 3.83. The Labute approximate surface area is 210 Å². The van der Waals surface area contributed by atoms with E-state index in [1.54, 1.807) is 7.05 Å². The molecule has 1 aromatic carbocycles. The largest absolute Gasteiger partial charge is 0.361 e. The maximum absolute atomic E-state index is 13.3. The van der Waals surface area contributed by atoms with E-state index < -0.39 is 8.07 Å². The smallest absolute Gasteiger partial charge is 0.264 e. The Kier molecular flexibility index (Phi) is 6.48. The van der Waals surface area contributed by atoms with Gasteiger partial charge in [-0.2, -0.15) is 5.10 Å². The number of benzene rings is 1. The van der Waals surface area contributed by atoms with Gasteiger partial charge in [0.15, 0.2) is 5.65 Å². The molecule has 4 aromatic rings. The Hall–Kier alpha value is -2.13. The van der Waals surface area contributed by atoms with Gasteiger partial charge >= 0.3 is 0 Å². The maximum atomic E-state index is 13.3. The number of hydrogen-bond acceptors (Lipinski definition) is 4. The van der Waals surface area contributed by atoms with E-state index in [-0.39, 0.29) is 23.1 Å². The van der Waals surface area contributed by atoms with Crippen molar-refractivity contribution < 1.29 is 4.74 Å². The van der Waals surface area contributed by atoms with Crippen molar-refractivity contribution in [2.75, 3.05) is 6.61 Å². The highest BCUT2D eigenvalue weighted by molar-refractivity contribution is 6.76. The SMILES string of the molecule is Cn1c(Cl)nc2c(c(-c3ccc4nn(C(C)(C)C)cc4c3Cl)cn2COCC[Si](C)(C)C)c1=O. The summed E-state index contributed by atoms with van der Waals surface area (Å²) in [5.74, 6) is 0. The number of ether oxygens (including phenoxy) is 1. The minimum absolute atomic E-state index is 0.124. The quantitative estimate of drug-likeness (QED) is 0.174. The first kappa shape index (κ1) is 25.0. The molecular weight excluding hydrogens is 489 g/mol. The average molecular weight is 521 g/mol. The average Bonchev–Trinajstić information content (AvgIpc) is 3.32. The van der Waals surface area contributed by atoms with Crippen molar-refractivity contribution in [3.63, 3.8) is 0 Å². The molecule has 0 saturated carbocycles. The molecule has 0 unspecified atom stereocenters. The van der Waals surface area contributed by atoms with Gasteiger partial charge in [-0.3, -0.25) is 14.0 Å². The highest BCUT2D eigenvalue weighted by Gasteiger charge is 2.22. The molecule has 0 amide bonds. The summed E-state index contributed by atoms with van der Waals surface area (Å²) >= 11 is 13.2. The first-order chi connectivity index (χ1) is 15.8. The molecular formula is C24H31Cl2N5O2Si. The van der Waals surface area contributed by atoms with E-state index in [2.05, 4.69) is 50.5 Å². The summed E-state index contributed by atoms with van der Waals surface area (Å²) in [4.78, 5) is 17.8. The van der Waals surface area contributed by atoms with Gasteiger partial charge < -0.3 is 9.30 Å². The van der Waals surface area contributed by atoms with Crippen LogP contribution in [0, 0.1) is 0 Å². The van der Waals surface area contributed by atoms with Crippen LogP contribution < -0.4 is 5.56 Å². The minimum Gasteiger partial charge on any atom is -0.361 e. The standard InChI is InChI=1S/C24H31Cl2N5O2Si/c1-24(2,3)31-13-17-18(28-31)9-8-15(20(17)25)16-12-30(14-33-10-11-34(5,6)7)21-19(16)22(32)29(4)23(26)27-21/h8-9,12-13H,10-11,14H2,1-7H3. The zero-order chi connectivity index (χ0) is 25.0. The molecule has 7 nitrogen and oxygen atoms in total. The number of fused-ring (bicyclic) bond motifs is 2. The van der Waals surface area contributed by atoms with Crippen LogP contribution in [-0.2, 0) is 24.1 Å². The molecule has 3 heterocycles. The molecule has 0 radical (unpaired) electrons. The Balaban J connectivity index is 1.85. The van der Waals surface area contributed by atoms with Gasteiger partial charge in [-0.05, 0) is 44.5 Å². The second kappa shape index (κ2) is 8.82. The molecule has 0 fully saturated rings. The van der Waals surface area contributed by atoms with Gasteiger partial charge in [-0.1, -0.05) is 37.3 Å². The lowest BCUT2D eigenvalue weighted by atomic mass is 10.0. The Morgan fingerprint density at radius 1 is 1.09 bits per heavy atom. The predicted octanol–water partition coefficient (Wildman–Crippen LogP) is 6.13. The molecule has 0 saturated heterocycles. The van der Waals surface area contributed by atoms with Gasteiger partial charge in [0.25, 0.3) is 5.56 Å². The number of nitrogens with zero attached hydrogens (tertiary/aromatic N) is 5. The summed E-state index contributed by atoms with van der Waals surface area (Å²) in [5, 5.41) is 6.64. The van der Waals surface area contributed by atoms with Crippen molar-refractivity contribution in [3.8, 4) is 11.1 Å². The van der Waals surface area contributed by atoms with Gasteiger partial charge in [0.05, 0.1) is 21.5 Å². The zero-order valence-corrected chi connectivity index (χ0v) is 23.3. The minimum atomic E-state index is -1.22. The number of hydrogen-bond donors (Lipinski definition) is 0. The molecule has 182 valence electrons. The van der Waals surface area contributed by atoms with E-state index in [4.69, 9.17) is 27.9 Å². The first-order valence-corrected chi connectivity index (χ1v) is 15.8. The summed E-state index contributed by atoms with van der Waals surface area (Å²) in [5.41, 5.74) is 2.32. The number of halogens is 2. The Morgan fingerprint density at radius 2 is 1.79 bits per heavy atom. The van der Waals surface area contributed by atoms with Crippen LogP contribution in [0.25, 0.3) is 33.1 Å². The fourth-order valence-corrected chi connectivity index (χ4v) is 4.97. The van der Waals surface area contributed by atoms with Crippen LogP contribution in [0.5, 0.6) is 0 Å². The van der Waals surface area contributed by atoms with Gasteiger partial charge in [0.2, 0.25) is 5.28 Å². The zero-order valence-electron chi connectivity index (χ0n) is 20.7. The molecule has 0 aliphatic heterocycles. The van der Waals surface area contributed by atoms with Crippen LogP contribution in [0.3, 0.4) is 0 Å². The Bertz CT molecular complexity index is 1440. The maximum Gasteiger partial charge on any atom is 0.264 e. The van der Waals surface area contributed by atoms with Gasteiger partial charge in [0.1, 0.15) is 6.73 Å². The van der Waals surface area contributed by atoms with E-state index in [1.165, 1.54) is 4.57 Å². The van der Waals surface area contributed by atoms with Crippen LogP contribution in [0.4, 0.5) is 0 Å². The van der Waals surface area contributed by atoms with E-state index in [0.29, 0.717) is 28.2 Å². The summed E-state index contributed by atoms with van der Waals surface area (Å²) in [6, 6.07) is 4.89. The van der Waals surface area contributed by atoms with Gasteiger partial charge in [0, 0.05) is 50.6 Å². The lowest BCUT2D eigenvalue weighted by molar-refractivity contribution is 0.0899. The second-order valence-electron chi connectivity index (χ2n) is 10.9. The molecule has 0 N–H and O–H groups in total. The molecule has 0 atom stereocenters. The highest BCUT2D eigenvalue weighted by atomic mass is 35.5. The van der Waals surface area contributed by atoms with E-state index in [1.807, 2.05) is 33.8 Å². The lowest BCUT2D eigenvalue weighted by Crippen LogP contribution is -2.22. The third kappa shape index (κ3) is 4.69. The topological polar surface area (TPSA) is 66.9 Å². The van der Waals surface area contributed by atoms with Crippen molar-refractivity contribution in [1.82, 2.24) is 23.9 Å². The fraction of sp³-hybridized carbons (Fsp3) is 0.458. The summed E-state index contributed by atoms with van der Waals surface area (Å²) in [6.45, 7) is 14.1. The van der Waals surface area contributed by atoms with Crippen molar-refractivity contribution >= 4 is 53.2 Å². The summed E-state index contributed by atoms with van der Waals surface area (Å²) in [7, 11) is 0.395. The van der Waals surface area contributed by atoms with Crippen molar-refractivity contribution in [1.29, 1.82) is 0 Å². The normalized spacial score (nSPS) is 12.9. The van der Waals surface area contributed by atoms with Crippen LogP contribution in [0.1, 0.15) is 20.8 Å². The van der Waals surface area contributed by atoms with Crippen LogP contribution in [0.2, 0.25) is 36.0 Å².